The molecule has 1 saturated carbocycles. The van der Waals surface area contributed by atoms with Crippen molar-refractivity contribution in [1.29, 1.82) is 0 Å². The molecule has 0 aromatic carbocycles. The fraction of sp³-hybridized carbons (Fsp3) is 0.533. The first kappa shape index (κ1) is 15.6. The number of hydrogen-bond donors (Lipinski definition) is 2. The summed E-state index contributed by atoms with van der Waals surface area (Å²) in [5.74, 6) is 0.541. The predicted octanol–water partition coefficient (Wildman–Crippen LogP) is 3.20. The van der Waals surface area contributed by atoms with Crippen LogP contribution in [-0.4, -0.2) is 27.2 Å². The number of hydrogen-bond acceptors (Lipinski definition) is 6. The Morgan fingerprint density at radius 2 is 2.18 bits per heavy atom. The highest BCUT2D eigenvalue weighted by Crippen LogP contribution is 2.28. The lowest BCUT2D eigenvalue weighted by atomic mass is 9.95. The van der Waals surface area contributed by atoms with Gasteiger partial charge in [0.1, 0.15) is 10.6 Å². The number of nitrogen functional groups attached to an aromatic ring is 1. The van der Waals surface area contributed by atoms with E-state index in [1.807, 2.05) is 18.4 Å². The Kier molecular flexibility index (Phi) is 4.83. The van der Waals surface area contributed by atoms with E-state index in [-0.39, 0.29) is 11.2 Å². The number of nitrogens with two attached hydrogens (primary N) is 1. The molecule has 1 atom stereocenters. The molecule has 22 heavy (non-hydrogen) atoms. The molecule has 3 rings (SSSR count). The molecule has 0 saturated heterocycles. The molecule has 0 radical (unpaired) electrons. The Morgan fingerprint density at radius 3 is 2.95 bits per heavy atom. The van der Waals surface area contributed by atoms with Crippen LogP contribution in [0.25, 0.3) is 10.2 Å². The second-order valence-electron chi connectivity index (χ2n) is 5.63. The molecule has 3 N–H and O–H groups in total. The van der Waals surface area contributed by atoms with Gasteiger partial charge in [0.25, 0.3) is 0 Å². The number of thiophene rings is 1. The van der Waals surface area contributed by atoms with Gasteiger partial charge in [0.2, 0.25) is 5.91 Å². The van der Waals surface area contributed by atoms with Gasteiger partial charge in [0.15, 0.2) is 5.16 Å². The Bertz CT molecular complexity index is 667. The molecular formula is C15H20N4OS2. The standard InChI is InChI=1S/C15H20N4OS2/c1-9(13(20)17-10-5-3-2-4-6-10)22-15-18-12(16)11-7-8-21-14(11)19-15/h7-10H,2-6H2,1H3,(H,17,20)(H2,16,18,19). The zero-order chi connectivity index (χ0) is 15.5. The molecule has 1 aliphatic rings. The highest BCUT2D eigenvalue weighted by molar-refractivity contribution is 8.00. The van der Waals surface area contributed by atoms with E-state index in [1.165, 1.54) is 42.4 Å². The van der Waals surface area contributed by atoms with Crippen molar-refractivity contribution in [2.45, 2.75) is 55.5 Å². The number of rotatable bonds is 4. The van der Waals surface area contributed by atoms with Crippen molar-refractivity contribution in [1.82, 2.24) is 15.3 Å². The molecule has 0 bridgehead atoms. The van der Waals surface area contributed by atoms with E-state index >= 15 is 0 Å². The SMILES string of the molecule is CC(Sc1nc(N)c2ccsc2n1)C(=O)NC1CCCCC1. The normalized spacial score (nSPS) is 17.5. The van der Waals surface area contributed by atoms with Crippen LogP contribution >= 0.6 is 23.1 Å². The van der Waals surface area contributed by atoms with Gasteiger partial charge in [-0.1, -0.05) is 31.0 Å². The minimum atomic E-state index is -0.223. The number of aromatic nitrogens is 2. The van der Waals surface area contributed by atoms with Crippen LogP contribution in [0.15, 0.2) is 16.6 Å². The molecule has 118 valence electrons. The maximum atomic E-state index is 12.3. The van der Waals surface area contributed by atoms with E-state index in [0.717, 1.165) is 23.1 Å². The zero-order valence-electron chi connectivity index (χ0n) is 12.5. The summed E-state index contributed by atoms with van der Waals surface area (Å²) in [6.45, 7) is 1.89. The van der Waals surface area contributed by atoms with Crippen LogP contribution in [0.3, 0.4) is 0 Å². The third kappa shape index (κ3) is 3.52. The van der Waals surface area contributed by atoms with Crippen molar-refractivity contribution in [2.24, 2.45) is 0 Å². The van der Waals surface area contributed by atoms with E-state index in [9.17, 15) is 4.79 Å². The van der Waals surface area contributed by atoms with Gasteiger partial charge in [-0.05, 0) is 31.2 Å². The number of carbonyl (C=O) groups is 1. The highest BCUT2D eigenvalue weighted by atomic mass is 32.2. The minimum absolute atomic E-state index is 0.0605. The number of amides is 1. The van der Waals surface area contributed by atoms with Crippen LogP contribution < -0.4 is 11.1 Å². The molecule has 2 aromatic heterocycles. The highest BCUT2D eigenvalue weighted by Gasteiger charge is 2.21. The Hall–Kier alpha value is -1.34. The summed E-state index contributed by atoms with van der Waals surface area (Å²) >= 11 is 2.90. The third-order valence-corrected chi connectivity index (χ3v) is 5.70. The molecule has 5 nitrogen and oxygen atoms in total. The number of nitrogens with one attached hydrogen (secondary N) is 1. The van der Waals surface area contributed by atoms with E-state index in [2.05, 4.69) is 15.3 Å². The van der Waals surface area contributed by atoms with Gasteiger partial charge in [0, 0.05) is 6.04 Å². The first-order valence-electron chi connectivity index (χ1n) is 7.61. The van der Waals surface area contributed by atoms with Crippen molar-refractivity contribution in [2.75, 3.05) is 5.73 Å². The molecule has 1 aliphatic carbocycles. The number of anilines is 1. The fourth-order valence-electron chi connectivity index (χ4n) is 2.69. The molecule has 2 aromatic rings. The molecular weight excluding hydrogens is 316 g/mol. The molecule has 1 fully saturated rings. The van der Waals surface area contributed by atoms with Crippen molar-refractivity contribution in [3.8, 4) is 0 Å². The van der Waals surface area contributed by atoms with Gasteiger partial charge >= 0.3 is 0 Å². The zero-order valence-corrected chi connectivity index (χ0v) is 14.2. The number of nitrogens with zero attached hydrogens (tertiary/aromatic N) is 2. The summed E-state index contributed by atoms with van der Waals surface area (Å²) < 4.78 is 0. The lowest BCUT2D eigenvalue weighted by molar-refractivity contribution is -0.121. The van der Waals surface area contributed by atoms with Crippen molar-refractivity contribution in [3.63, 3.8) is 0 Å². The second-order valence-corrected chi connectivity index (χ2v) is 7.84. The summed E-state index contributed by atoms with van der Waals surface area (Å²) in [5.41, 5.74) is 5.94. The van der Waals surface area contributed by atoms with E-state index < -0.39 is 0 Å². The number of carbonyl (C=O) groups excluding carboxylic acids is 1. The molecule has 7 heteroatoms. The van der Waals surface area contributed by atoms with Crippen LogP contribution in [-0.2, 0) is 4.79 Å². The van der Waals surface area contributed by atoms with Crippen LogP contribution in [0.1, 0.15) is 39.0 Å². The third-order valence-electron chi connectivity index (χ3n) is 3.94. The predicted molar refractivity (Wildman–Crippen MR) is 92.2 cm³/mol. The van der Waals surface area contributed by atoms with Gasteiger partial charge in [-0.15, -0.1) is 11.3 Å². The molecule has 1 amide bonds. The lowest BCUT2D eigenvalue weighted by Gasteiger charge is -2.24. The van der Waals surface area contributed by atoms with Crippen LogP contribution in [0.5, 0.6) is 0 Å². The summed E-state index contributed by atoms with van der Waals surface area (Å²) in [5, 5.41) is 6.32. The Balaban J connectivity index is 1.64. The molecule has 1 unspecified atom stereocenters. The summed E-state index contributed by atoms with van der Waals surface area (Å²) in [6, 6.07) is 2.25. The fourth-order valence-corrected chi connectivity index (χ4v) is 4.30. The summed E-state index contributed by atoms with van der Waals surface area (Å²) in [6.07, 6.45) is 5.88. The van der Waals surface area contributed by atoms with Gasteiger partial charge in [-0.2, -0.15) is 0 Å². The second kappa shape index (κ2) is 6.83. The summed E-state index contributed by atoms with van der Waals surface area (Å²) in [4.78, 5) is 21.9. The quantitative estimate of drug-likeness (QED) is 0.662. The monoisotopic (exact) mass is 336 g/mol. The van der Waals surface area contributed by atoms with Crippen molar-refractivity contribution in [3.05, 3.63) is 11.4 Å². The maximum Gasteiger partial charge on any atom is 0.233 e. The average molecular weight is 336 g/mol. The van der Waals surface area contributed by atoms with Crippen molar-refractivity contribution >= 4 is 45.0 Å². The average Bonchev–Trinajstić information content (AvgIpc) is 2.97. The lowest BCUT2D eigenvalue weighted by Crippen LogP contribution is -2.40. The van der Waals surface area contributed by atoms with Gasteiger partial charge in [0.05, 0.1) is 10.6 Å². The van der Waals surface area contributed by atoms with Crippen LogP contribution in [0, 0.1) is 0 Å². The van der Waals surface area contributed by atoms with E-state index in [1.54, 1.807) is 0 Å². The Morgan fingerprint density at radius 1 is 1.41 bits per heavy atom. The largest absolute Gasteiger partial charge is 0.383 e. The maximum absolute atomic E-state index is 12.3. The first-order valence-corrected chi connectivity index (χ1v) is 9.37. The van der Waals surface area contributed by atoms with Gasteiger partial charge in [-0.3, -0.25) is 4.79 Å². The van der Waals surface area contributed by atoms with Crippen LogP contribution in [0.2, 0.25) is 0 Å². The van der Waals surface area contributed by atoms with Gasteiger partial charge in [-0.25, -0.2) is 9.97 Å². The molecule has 0 spiro atoms. The topological polar surface area (TPSA) is 80.9 Å². The van der Waals surface area contributed by atoms with E-state index in [0.29, 0.717) is 17.0 Å². The minimum Gasteiger partial charge on any atom is -0.383 e. The molecule has 2 heterocycles. The number of thioether (sulfide) groups is 1. The summed E-state index contributed by atoms with van der Waals surface area (Å²) in [7, 11) is 0. The van der Waals surface area contributed by atoms with Gasteiger partial charge < -0.3 is 11.1 Å². The molecule has 0 aliphatic heterocycles. The van der Waals surface area contributed by atoms with Crippen LogP contribution in [0.4, 0.5) is 5.82 Å². The number of fused-ring (bicyclic) bond motifs is 1. The first-order chi connectivity index (χ1) is 10.6. The smallest absolute Gasteiger partial charge is 0.233 e. The van der Waals surface area contributed by atoms with E-state index in [4.69, 9.17) is 5.73 Å². The Labute approximate surface area is 138 Å². The van der Waals surface area contributed by atoms with Crippen molar-refractivity contribution < 1.29 is 4.79 Å².